The van der Waals surface area contributed by atoms with Crippen molar-refractivity contribution in [3.63, 3.8) is 0 Å². The second-order valence-electron chi connectivity index (χ2n) is 4.40. The summed E-state index contributed by atoms with van der Waals surface area (Å²) in [6.45, 7) is 4.40. The number of hydrogen-bond donors (Lipinski definition) is 1. The topological polar surface area (TPSA) is 41.6 Å². The lowest BCUT2D eigenvalue weighted by Crippen LogP contribution is -2.34. The summed E-state index contributed by atoms with van der Waals surface area (Å²) in [6, 6.07) is 5.44. The first-order chi connectivity index (χ1) is 8.43. The number of nitrogens with one attached hydrogen (secondary N) is 1. The maximum Gasteiger partial charge on any atom is 0.238 e. The van der Waals surface area contributed by atoms with Crippen LogP contribution in [0.1, 0.15) is 13.8 Å². The van der Waals surface area contributed by atoms with Crippen LogP contribution >= 0.6 is 11.6 Å². The minimum absolute atomic E-state index is 0.0910. The van der Waals surface area contributed by atoms with E-state index in [4.69, 9.17) is 16.3 Å². The number of rotatable bonds is 5. The van der Waals surface area contributed by atoms with Crippen LogP contribution in [0.2, 0.25) is 5.02 Å². The Labute approximate surface area is 113 Å². The zero-order chi connectivity index (χ0) is 13.7. The Hall–Kier alpha value is -1.26. The summed E-state index contributed by atoms with van der Waals surface area (Å²) in [5.74, 6) is 0.506. The fourth-order valence-corrected chi connectivity index (χ4v) is 1.55. The van der Waals surface area contributed by atoms with Crippen molar-refractivity contribution in [3.05, 3.63) is 23.2 Å². The number of carbonyl (C=O) groups is 1. The largest absolute Gasteiger partial charge is 0.495 e. The Balaban J connectivity index is 2.72. The third-order valence-corrected chi connectivity index (χ3v) is 2.95. The molecule has 0 radical (unpaired) electrons. The lowest BCUT2D eigenvalue weighted by atomic mass is 10.3. The van der Waals surface area contributed by atoms with Gasteiger partial charge in [0.1, 0.15) is 5.75 Å². The number of likely N-dealkylation sites (N-methyl/N-ethyl adjacent to an activating group) is 1. The molecule has 0 unspecified atom stereocenters. The van der Waals surface area contributed by atoms with E-state index in [1.54, 1.807) is 25.3 Å². The first-order valence-electron chi connectivity index (χ1n) is 5.77. The van der Waals surface area contributed by atoms with Gasteiger partial charge in [0.05, 0.1) is 19.3 Å². The van der Waals surface area contributed by atoms with E-state index in [1.165, 1.54) is 0 Å². The van der Waals surface area contributed by atoms with E-state index in [0.29, 0.717) is 29.0 Å². The van der Waals surface area contributed by atoms with Crippen molar-refractivity contribution in [2.75, 3.05) is 26.0 Å². The number of halogens is 1. The Morgan fingerprint density at radius 1 is 1.50 bits per heavy atom. The molecule has 0 aliphatic rings. The minimum Gasteiger partial charge on any atom is -0.495 e. The molecule has 1 aromatic rings. The van der Waals surface area contributed by atoms with Gasteiger partial charge in [-0.3, -0.25) is 9.69 Å². The molecule has 0 aromatic heterocycles. The van der Waals surface area contributed by atoms with Gasteiger partial charge in [0, 0.05) is 11.1 Å². The first kappa shape index (κ1) is 14.8. The maximum atomic E-state index is 11.9. The number of carbonyl (C=O) groups excluding carboxylic acids is 1. The zero-order valence-electron chi connectivity index (χ0n) is 11.2. The smallest absolute Gasteiger partial charge is 0.238 e. The molecule has 1 amide bonds. The van der Waals surface area contributed by atoms with Gasteiger partial charge in [-0.15, -0.1) is 0 Å². The molecule has 0 bridgehead atoms. The molecule has 0 saturated heterocycles. The third-order valence-electron chi connectivity index (χ3n) is 2.71. The lowest BCUT2D eigenvalue weighted by molar-refractivity contribution is -0.117. The first-order valence-corrected chi connectivity index (χ1v) is 6.15. The second kappa shape index (κ2) is 6.61. The molecule has 1 rings (SSSR count). The number of ether oxygens (including phenoxy) is 1. The molecule has 0 aliphatic carbocycles. The van der Waals surface area contributed by atoms with Crippen LogP contribution in [-0.2, 0) is 4.79 Å². The molecule has 0 heterocycles. The summed E-state index contributed by atoms with van der Waals surface area (Å²) < 4.78 is 5.17. The molecule has 0 saturated carbocycles. The van der Waals surface area contributed by atoms with Gasteiger partial charge in [0.25, 0.3) is 0 Å². The van der Waals surface area contributed by atoms with Gasteiger partial charge in [-0.05, 0) is 39.1 Å². The Kier molecular flexibility index (Phi) is 5.44. The number of anilines is 1. The highest BCUT2D eigenvalue weighted by Crippen LogP contribution is 2.27. The molecule has 5 heteroatoms. The van der Waals surface area contributed by atoms with Crippen LogP contribution in [0.5, 0.6) is 5.75 Å². The number of hydrogen-bond acceptors (Lipinski definition) is 3. The minimum atomic E-state index is -0.0910. The molecule has 1 N–H and O–H groups in total. The van der Waals surface area contributed by atoms with Gasteiger partial charge < -0.3 is 10.1 Å². The van der Waals surface area contributed by atoms with Crippen molar-refractivity contribution < 1.29 is 9.53 Å². The monoisotopic (exact) mass is 270 g/mol. The van der Waals surface area contributed by atoms with Crippen molar-refractivity contribution in [2.24, 2.45) is 0 Å². The average molecular weight is 271 g/mol. The number of benzene rings is 1. The SMILES string of the molecule is COc1ccc(Cl)cc1NC(=O)CN(C)C(C)C. The number of methoxy groups -OCH3 is 1. The van der Waals surface area contributed by atoms with E-state index in [-0.39, 0.29) is 5.91 Å². The highest BCUT2D eigenvalue weighted by molar-refractivity contribution is 6.31. The Morgan fingerprint density at radius 2 is 2.17 bits per heavy atom. The maximum absolute atomic E-state index is 11.9. The van der Waals surface area contributed by atoms with Crippen molar-refractivity contribution in [2.45, 2.75) is 19.9 Å². The van der Waals surface area contributed by atoms with Crippen LogP contribution < -0.4 is 10.1 Å². The normalized spacial score (nSPS) is 10.8. The van der Waals surface area contributed by atoms with Gasteiger partial charge in [0.2, 0.25) is 5.91 Å². The highest BCUT2D eigenvalue weighted by Gasteiger charge is 2.12. The summed E-state index contributed by atoms with van der Waals surface area (Å²) in [5.41, 5.74) is 0.590. The molecular weight excluding hydrogens is 252 g/mol. The van der Waals surface area contributed by atoms with Crippen molar-refractivity contribution >= 4 is 23.2 Å². The molecular formula is C13H19ClN2O2. The Bertz CT molecular complexity index is 421. The Morgan fingerprint density at radius 3 is 2.72 bits per heavy atom. The van der Waals surface area contributed by atoms with Crippen LogP contribution in [0, 0.1) is 0 Å². The molecule has 0 spiro atoms. The average Bonchev–Trinajstić information content (AvgIpc) is 2.28. The molecule has 0 atom stereocenters. The van der Waals surface area contributed by atoms with Gasteiger partial charge in [-0.25, -0.2) is 0 Å². The van der Waals surface area contributed by atoms with Crippen molar-refractivity contribution in [3.8, 4) is 5.75 Å². The van der Waals surface area contributed by atoms with E-state index in [1.807, 2.05) is 25.8 Å². The summed E-state index contributed by atoms with van der Waals surface area (Å²) in [6.07, 6.45) is 0. The van der Waals surface area contributed by atoms with E-state index in [2.05, 4.69) is 5.32 Å². The molecule has 100 valence electrons. The lowest BCUT2D eigenvalue weighted by Gasteiger charge is -2.20. The van der Waals surface area contributed by atoms with E-state index >= 15 is 0 Å². The molecule has 4 nitrogen and oxygen atoms in total. The number of amides is 1. The predicted octanol–water partition coefficient (Wildman–Crippen LogP) is 2.63. The predicted molar refractivity (Wildman–Crippen MR) is 74.4 cm³/mol. The summed E-state index contributed by atoms with van der Waals surface area (Å²) >= 11 is 5.90. The van der Waals surface area contributed by atoms with E-state index < -0.39 is 0 Å². The quantitative estimate of drug-likeness (QED) is 0.894. The van der Waals surface area contributed by atoms with Gasteiger partial charge in [-0.2, -0.15) is 0 Å². The molecule has 0 fully saturated rings. The summed E-state index contributed by atoms with van der Waals surface area (Å²) in [5, 5.41) is 3.36. The van der Waals surface area contributed by atoms with E-state index in [9.17, 15) is 4.79 Å². The third kappa shape index (κ3) is 4.20. The van der Waals surface area contributed by atoms with Crippen LogP contribution in [0.3, 0.4) is 0 Å². The standard InChI is InChI=1S/C13H19ClN2O2/c1-9(2)16(3)8-13(17)15-11-7-10(14)5-6-12(11)18-4/h5-7,9H,8H2,1-4H3,(H,15,17). The second-order valence-corrected chi connectivity index (χ2v) is 4.84. The van der Waals surface area contributed by atoms with E-state index in [0.717, 1.165) is 0 Å². The van der Waals surface area contributed by atoms with Gasteiger partial charge in [-0.1, -0.05) is 11.6 Å². The van der Waals surface area contributed by atoms with Gasteiger partial charge in [0.15, 0.2) is 0 Å². The highest BCUT2D eigenvalue weighted by atomic mass is 35.5. The van der Waals surface area contributed by atoms with Crippen LogP contribution in [-0.4, -0.2) is 37.6 Å². The van der Waals surface area contributed by atoms with Crippen molar-refractivity contribution in [1.82, 2.24) is 4.90 Å². The van der Waals surface area contributed by atoms with Crippen LogP contribution in [0.4, 0.5) is 5.69 Å². The molecule has 18 heavy (non-hydrogen) atoms. The fraction of sp³-hybridized carbons (Fsp3) is 0.462. The summed E-state index contributed by atoms with van der Waals surface area (Å²) in [4.78, 5) is 13.8. The summed E-state index contributed by atoms with van der Waals surface area (Å²) in [7, 11) is 3.46. The molecule has 0 aliphatic heterocycles. The van der Waals surface area contributed by atoms with Gasteiger partial charge >= 0.3 is 0 Å². The number of nitrogens with zero attached hydrogens (tertiary/aromatic N) is 1. The molecule has 1 aromatic carbocycles. The zero-order valence-corrected chi connectivity index (χ0v) is 11.9. The van der Waals surface area contributed by atoms with Crippen molar-refractivity contribution in [1.29, 1.82) is 0 Å². The van der Waals surface area contributed by atoms with Crippen LogP contribution in [0.25, 0.3) is 0 Å². The fourth-order valence-electron chi connectivity index (χ4n) is 1.38. The van der Waals surface area contributed by atoms with Crippen LogP contribution in [0.15, 0.2) is 18.2 Å².